The van der Waals surface area contributed by atoms with Crippen LogP contribution in [-0.4, -0.2) is 46.3 Å². The predicted molar refractivity (Wildman–Crippen MR) is 137 cm³/mol. The number of phenolic OH excluding ortho intramolecular Hbond substituents is 2. The number of anilines is 1. The number of likely N-dealkylation sites (tertiary alicyclic amines) is 1. The second kappa shape index (κ2) is 10.8. The van der Waals surface area contributed by atoms with E-state index < -0.39 is 0 Å². The first-order valence-electron chi connectivity index (χ1n) is 12.2. The van der Waals surface area contributed by atoms with Gasteiger partial charge in [-0.3, -0.25) is 9.88 Å². The Morgan fingerprint density at radius 1 is 1.00 bits per heavy atom. The molecular formula is C28H35N3O3. The Kier molecular flexibility index (Phi) is 7.58. The average Bonchev–Trinajstić information content (AvgIpc) is 2.87. The van der Waals surface area contributed by atoms with Gasteiger partial charge in [-0.1, -0.05) is 19.9 Å². The minimum Gasteiger partial charge on any atom is -0.504 e. The highest BCUT2D eigenvalue weighted by atomic mass is 16.5. The van der Waals surface area contributed by atoms with Crippen molar-refractivity contribution in [1.29, 1.82) is 0 Å². The van der Waals surface area contributed by atoms with Crippen LogP contribution in [0.1, 0.15) is 43.4 Å². The zero-order chi connectivity index (χ0) is 24.1. The van der Waals surface area contributed by atoms with Gasteiger partial charge in [-0.15, -0.1) is 0 Å². The lowest BCUT2D eigenvalue weighted by Crippen LogP contribution is -2.38. The highest BCUT2D eigenvalue weighted by Gasteiger charge is 2.20. The molecule has 34 heavy (non-hydrogen) atoms. The molecule has 3 N–H and O–H groups in total. The first-order chi connectivity index (χ1) is 16.5. The summed E-state index contributed by atoms with van der Waals surface area (Å²) in [6, 6.07) is 14.6. The summed E-state index contributed by atoms with van der Waals surface area (Å²) in [6.07, 6.45) is 6.16. The second-order valence-electron chi connectivity index (χ2n) is 8.98. The van der Waals surface area contributed by atoms with Gasteiger partial charge in [-0.25, -0.2) is 0 Å². The van der Waals surface area contributed by atoms with Crippen molar-refractivity contribution in [2.24, 2.45) is 0 Å². The van der Waals surface area contributed by atoms with Gasteiger partial charge in [0.1, 0.15) is 0 Å². The fourth-order valence-electron chi connectivity index (χ4n) is 4.75. The van der Waals surface area contributed by atoms with Crippen molar-refractivity contribution in [2.75, 3.05) is 25.5 Å². The fraction of sp³-hybridized carbons (Fsp3) is 0.393. The lowest BCUT2D eigenvalue weighted by atomic mass is 10.0. The quantitative estimate of drug-likeness (QED) is 0.392. The summed E-state index contributed by atoms with van der Waals surface area (Å²) >= 11 is 0. The first kappa shape index (κ1) is 23.9. The Morgan fingerprint density at radius 2 is 1.76 bits per heavy atom. The molecule has 1 aliphatic heterocycles. The van der Waals surface area contributed by atoms with Crippen LogP contribution in [0.2, 0.25) is 0 Å². The molecule has 0 bridgehead atoms. The van der Waals surface area contributed by atoms with E-state index >= 15 is 0 Å². The molecule has 0 aliphatic carbocycles. The van der Waals surface area contributed by atoms with Crippen LogP contribution in [0.4, 0.5) is 5.69 Å². The Balaban J connectivity index is 1.36. The normalized spacial score (nSPS) is 14.8. The molecule has 0 spiro atoms. The van der Waals surface area contributed by atoms with Crippen LogP contribution in [0, 0.1) is 0 Å². The largest absolute Gasteiger partial charge is 0.504 e. The number of pyridine rings is 1. The molecule has 0 unspecified atom stereocenters. The molecule has 0 amide bonds. The van der Waals surface area contributed by atoms with Crippen LogP contribution in [0.3, 0.4) is 0 Å². The van der Waals surface area contributed by atoms with Crippen molar-refractivity contribution < 1.29 is 14.9 Å². The van der Waals surface area contributed by atoms with E-state index in [1.807, 2.05) is 12.1 Å². The van der Waals surface area contributed by atoms with Crippen LogP contribution < -0.4 is 10.1 Å². The van der Waals surface area contributed by atoms with E-state index in [0.29, 0.717) is 11.6 Å². The van der Waals surface area contributed by atoms with Gasteiger partial charge < -0.3 is 20.3 Å². The zero-order valence-corrected chi connectivity index (χ0v) is 20.3. The molecule has 1 fully saturated rings. The van der Waals surface area contributed by atoms with Gasteiger partial charge in [0.2, 0.25) is 5.75 Å². The molecule has 2 heterocycles. The lowest BCUT2D eigenvalue weighted by molar-refractivity contribution is 0.211. The van der Waals surface area contributed by atoms with Crippen LogP contribution >= 0.6 is 0 Å². The van der Waals surface area contributed by atoms with Crippen LogP contribution in [-0.2, 0) is 19.4 Å². The van der Waals surface area contributed by atoms with Gasteiger partial charge in [-0.2, -0.15) is 0 Å². The Bertz CT molecular complexity index is 1120. The summed E-state index contributed by atoms with van der Waals surface area (Å²) in [5.41, 5.74) is 6.74. The number of benzene rings is 2. The fourth-order valence-corrected chi connectivity index (χ4v) is 4.75. The van der Waals surface area contributed by atoms with Crippen LogP contribution in [0.15, 0.2) is 48.7 Å². The predicted octanol–water partition coefficient (Wildman–Crippen LogP) is 5.37. The van der Waals surface area contributed by atoms with Gasteiger partial charge in [0.15, 0.2) is 11.5 Å². The summed E-state index contributed by atoms with van der Waals surface area (Å²) < 4.78 is 5.16. The molecule has 2 aromatic carbocycles. The first-order valence-corrected chi connectivity index (χ1v) is 12.2. The number of aromatic hydroxyl groups is 2. The number of aryl methyl sites for hydroxylation is 2. The zero-order valence-electron chi connectivity index (χ0n) is 20.3. The third kappa shape index (κ3) is 5.45. The minimum atomic E-state index is -0.258. The lowest BCUT2D eigenvalue weighted by Gasteiger charge is -2.33. The number of hydrogen-bond donors (Lipinski definition) is 3. The Labute approximate surface area is 202 Å². The Morgan fingerprint density at radius 3 is 2.47 bits per heavy atom. The molecule has 0 radical (unpaired) electrons. The number of rotatable bonds is 8. The molecule has 0 atom stereocenters. The summed E-state index contributed by atoms with van der Waals surface area (Å²) in [6.45, 7) is 7.37. The minimum absolute atomic E-state index is 0.216. The maximum Gasteiger partial charge on any atom is 0.200 e. The van der Waals surface area contributed by atoms with E-state index in [1.54, 1.807) is 12.3 Å². The average molecular weight is 462 g/mol. The number of hydrogen-bond acceptors (Lipinski definition) is 6. The van der Waals surface area contributed by atoms with Gasteiger partial charge in [0, 0.05) is 43.1 Å². The number of nitrogens with one attached hydrogen (secondary N) is 1. The number of ether oxygens (including phenoxy) is 1. The molecule has 1 aliphatic rings. The van der Waals surface area contributed by atoms with E-state index in [2.05, 4.69) is 47.2 Å². The van der Waals surface area contributed by atoms with E-state index in [-0.39, 0.29) is 17.2 Å². The summed E-state index contributed by atoms with van der Waals surface area (Å²) in [4.78, 5) is 6.93. The summed E-state index contributed by atoms with van der Waals surface area (Å²) in [7, 11) is 1.46. The number of methoxy groups -OCH3 is 1. The summed E-state index contributed by atoms with van der Waals surface area (Å²) in [5.74, 6) is -0.246. The molecule has 6 nitrogen and oxygen atoms in total. The SMILES string of the molecule is CCc1ccc(NC2CCN(Cc3ccnc(-c4cc(O)c(O)c(OC)c4)c3)CC2)cc1CC. The van der Waals surface area contributed by atoms with Crippen LogP contribution in [0.25, 0.3) is 11.3 Å². The van der Waals surface area contributed by atoms with E-state index in [9.17, 15) is 10.2 Å². The van der Waals surface area contributed by atoms with E-state index in [0.717, 1.165) is 51.0 Å². The molecule has 1 aromatic heterocycles. The highest BCUT2D eigenvalue weighted by Crippen LogP contribution is 2.39. The van der Waals surface area contributed by atoms with Crippen molar-refractivity contribution in [3.05, 3.63) is 65.4 Å². The van der Waals surface area contributed by atoms with E-state index in [4.69, 9.17) is 4.74 Å². The molecule has 0 saturated carbocycles. The van der Waals surface area contributed by atoms with E-state index in [1.165, 1.54) is 35.6 Å². The molecule has 6 heteroatoms. The van der Waals surface area contributed by atoms with Gasteiger partial charge in [0.05, 0.1) is 12.8 Å². The maximum atomic E-state index is 10.0. The molecular weight excluding hydrogens is 426 g/mol. The van der Waals surface area contributed by atoms with Crippen LogP contribution in [0.5, 0.6) is 17.2 Å². The molecule has 3 aromatic rings. The van der Waals surface area contributed by atoms with Gasteiger partial charge >= 0.3 is 0 Å². The Hall–Kier alpha value is -3.25. The van der Waals surface area contributed by atoms with Gasteiger partial charge in [-0.05, 0) is 78.8 Å². The van der Waals surface area contributed by atoms with Crippen molar-refractivity contribution in [2.45, 2.75) is 52.1 Å². The molecule has 1 saturated heterocycles. The van der Waals surface area contributed by atoms with Gasteiger partial charge in [0.25, 0.3) is 0 Å². The number of aromatic nitrogens is 1. The summed E-state index contributed by atoms with van der Waals surface area (Å²) in [5, 5.41) is 23.7. The smallest absolute Gasteiger partial charge is 0.200 e. The third-order valence-corrected chi connectivity index (χ3v) is 6.73. The van der Waals surface area contributed by atoms with Crippen molar-refractivity contribution in [3.63, 3.8) is 0 Å². The molecule has 180 valence electrons. The number of nitrogens with zero attached hydrogens (tertiary/aromatic N) is 2. The number of piperidine rings is 1. The maximum absolute atomic E-state index is 10.0. The molecule has 4 rings (SSSR count). The topological polar surface area (TPSA) is 77.9 Å². The van der Waals surface area contributed by atoms with Crippen molar-refractivity contribution in [1.82, 2.24) is 9.88 Å². The number of phenols is 2. The second-order valence-corrected chi connectivity index (χ2v) is 8.98. The third-order valence-electron chi connectivity index (χ3n) is 6.73. The van der Waals surface area contributed by atoms with Crippen molar-refractivity contribution >= 4 is 5.69 Å². The standard InChI is InChI=1S/C28H35N3O3/c1-4-20-6-7-24(15-21(20)5-2)30-23-9-12-31(13-10-23)18-19-8-11-29-25(14-19)22-16-26(32)28(33)27(17-22)34-3/h6-8,11,14-17,23,30,32-33H,4-5,9-10,12-13,18H2,1-3H3. The highest BCUT2D eigenvalue weighted by molar-refractivity contribution is 5.68. The monoisotopic (exact) mass is 461 g/mol. The van der Waals surface area contributed by atoms with Crippen molar-refractivity contribution in [3.8, 4) is 28.5 Å².